The summed E-state index contributed by atoms with van der Waals surface area (Å²) in [7, 11) is 0. The summed E-state index contributed by atoms with van der Waals surface area (Å²) in [6, 6.07) is 5.26. The van der Waals surface area contributed by atoms with Gasteiger partial charge in [0.25, 0.3) is 0 Å². The van der Waals surface area contributed by atoms with Crippen molar-refractivity contribution in [3.63, 3.8) is 0 Å². The topological polar surface area (TPSA) is 121 Å². The van der Waals surface area contributed by atoms with Crippen molar-refractivity contribution in [1.82, 2.24) is 0 Å². The average Bonchev–Trinajstić information content (AvgIpc) is 2.39. The molecule has 0 heterocycles. The molecular weight excluding hydrogens is 264 g/mol. The van der Waals surface area contributed by atoms with Crippen LogP contribution in [0.3, 0.4) is 0 Å². The molecule has 0 fully saturated rings. The number of hydrogen-bond donors (Lipinski definition) is 6. The molecule has 0 bridgehead atoms. The third kappa shape index (κ3) is 2.64. The average molecular weight is 278 g/mol. The smallest absolute Gasteiger partial charge is 0.200 e. The van der Waals surface area contributed by atoms with Crippen molar-refractivity contribution in [2.45, 2.75) is 12.8 Å². The first-order valence-electron chi connectivity index (χ1n) is 5.86. The van der Waals surface area contributed by atoms with Crippen LogP contribution in [0.15, 0.2) is 24.3 Å². The van der Waals surface area contributed by atoms with Gasteiger partial charge in [-0.1, -0.05) is 0 Å². The molecule has 0 saturated heterocycles. The first-order valence-corrected chi connectivity index (χ1v) is 5.86. The summed E-state index contributed by atoms with van der Waals surface area (Å²) in [4.78, 5) is 0. The number of phenols is 6. The third-order valence-electron chi connectivity index (χ3n) is 2.96. The van der Waals surface area contributed by atoms with Crippen molar-refractivity contribution in [2.75, 3.05) is 0 Å². The van der Waals surface area contributed by atoms with Gasteiger partial charge in [0.1, 0.15) is 0 Å². The quantitative estimate of drug-likeness (QED) is 0.475. The van der Waals surface area contributed by atoms with Gasteiger partial charge in [0, 0.05) is 0 Å². The maximum atomic E-state index is 9.38. The fourth-order valence-electron chi connectivity index (χ4n) is 1.90. The van der Waals surface area contributed by atoms with Crippen molar-refractivity contribution >= 4 is 0 Å². The lowest BCUT2D eigenvalue weighted by Gasteiger charge is -2.08. The van der Waals surface area contributed by atoms with Crippen LogP contribution in [0.2, 0.25) is 0 Å². The zero-order valence-electron chi connectivity index (χ0n) is 10.4. The van der Waals surface area contributed by atoms with Gasteiger partial charge in [-0.2, -0.15) is 0 Å². The van der Waals surface area contributed by atoms with Gasteiger partial charge in [-0.15, -0.1) is 0 Å². The molecule has 6 heteroatoms. The van der Waals surface area contributed by atoms with Crippen LogP contribution in [0.5, 0.6) is 34.5 Å². The molecule has 2 rings (SSSR count). The summed E-state index contributed by atoms with van der Waals surface area (Å²) in [5.41, 5.74) is 1.15. The van der Waals surface area contributed by atoms with Crippen LogP contribution in [0.25, 0.3) is 0 Å². The molecule has 0 atom stereocenters. The zero-order valence-corrected chi connectivity index (χ0v) is 10.4. The maximum absolute atomic E-state index is 9.38. The number of phenolic OH excluding ortho intramolecular Hbond substituents is 6. The number of rotatable bonds is 3. The Balaban J connectivity index is 2.17. The van der Waals surface area contributed by atoms with Gasteiger partial charge in [-0.05, 0) is 48.2 Å². The molecule has 20 heavy (non-hydrogen) atoms. The highest BCUT2D eigenvalue weighted by atomic mass is 16.3. The monoisotopic (exact) mass is 278 g/mol. The van der Waals surface area contributed by atoms with E-state index in [9.17, 15) is 30.6 Å². The highest BCUT2D eigenvalue weighted by Gasteiger charge is 2.10. The van der Waals surface area contributed by atoms with Gasteiger partial charge in [-0.25, -0.2) is 0 Å². The standard InChI is InChI=1S/C14H14O6/c15-9-3-7(4-10(16)13(9)19)1-2-8-5-11(17)14(20)12(18)6-8/h3-6,15-20H,1-2H2. The van der Waals surface area contributed by atoms with Crippen LogP contribution in [0.4, 0.5) is 0 Å². The highest BCUT2D eigenvalue weighted by Crippen LogP contribution is 2.37. The molecule has 0 radical (unpaired) electrons. The summed E-state index contributed by atoms with van der Waals surface area (Å²) >= 11 is 0. The van der Waals surface area contributed by atoms with Gasteiger partial charge < -0.3 is 30.6 Å². The second kappa shape index (κ2) is 5.08. The minimum absolute atomic E-state index is 0.394. The van der Waals surface area contributed by atoms with E-state index in [1.165, 1.54) is 24.3 Å². The lowest BCUT2D eigenvalue weighted by molar-refractivity contribution is 0.366. The number of hydrogen-bond acceptors (Lipinski definition) is 6. The van der Waals surface area contributed by atoms with E-state index in [1.54, 1.807) is 0 Å². The predicted molar refractivity (Wildman–Crippen MR) is 70.3 cm³/mol. The van der Waals surface area contributed by atoms with Gasteiger partial charge in [0.15, 0.2) is 34.5 Å². The van der Waals surface area contributed by atoms with E-state index in [0.717, 1.165) is 0 Å². The van der Waals surface area contributed by atoms with Crippen LogP contribution in [0.1, 0.15) is 11.1 Å². The van der Waals surface area contributed by atoms with E-state index in [2.05, 4.69) is 0 Å². The number of benzene rings is 2. The molecule has 0 amide bonds. The Hall–Kier alpha value is -2.76. The van der Waals surface area contributed by atoms with Crippen LogP contribution in [-0.2, 0) is 12.8 Å². The van der Waals surface area contributed by atoms with Gasteiger partial charge >= 0.3 is 0 Å². The number of aromatic hydroxyl groups is 6. The minimum atomic E-state index is -0.575. The van der Waals surface area contributed by atoms with Crippen molar-refractivity contribution < 1.29 is 30.6 Å². The molecule has 0 spiro atoms. The Bertz CT molecular complexity index is 547. The Morgan fingerprint density at radius 3 is 1.00 bits per heavy atom. The van der Waals surface area contributed by atoms with Gasteiger partial charge in [0.2, 0.25) is 0 Å². The van der Waals surface area contributed by atoms with E-state index in [0.29, 0.717) is 24.0 Å². The summed E-state index contributed by atoms with van der Waals surface area (Å²) in [5.74, 6) is -2.83. The molecule has 6 nitrogen and oxygen atoms in total. The van der Waals surface area contributed by atoms with Crippen molar-refractivity contribution in [3.8, 4) is 34.5 Å². The Labute approximate surface area is 114 Å². The predicted octanol–water partition coefficient (Wildman–Crippen LogP) is 1.71. The van der Waals surface area contributed by atoms with Crippen LogP contribution >= 0.6 is 0 Å². The van der Waals surface area contributed by atoms with E-state index in [-0.39, 0.29) is 0 Å². The van der Waals surface area contributed by atoms with Gasteiger partial charge in [-0.3, -0.25) is 0 Å². The number of aryl methyl sites for hydroxylation is 2. The molecule has 0 unspecified atom stereocenters. The van der Waals surface area contributed by atoms with Crippen LogP contribution < -0.4 is 0 Å². The largest absolute Gasteiger partial charge is 0.504 e. The summed E-state index contributed by atoms with van der Waals surface area (Å²) < 4.78 is 0. The second-order valence-electron chi connectivity index (χ2n) is 4.47. The molecule has 0 aliphatic heterocycles. The second-order valence-corrected chi connectivity index (χ2v) is 4.47. The van der Waals surface area contributed by atoms with Crippen LogP contribution in [0, 0.1) is 0 Å². The minimum Gasteiger partial charge on any atom is -0.504 e. The molecule has 106 valence electrons. The SMILES string of the molecule is Oc1cc(CCc2cc(O)c(O)c(O)c2)cc(O)c1O. The van der Waals surface area contributed by atoms with E-state index in [1.807, 2.05) is 0 Å². The summed E-state index contributed by atoms with van der Waals surface area (Å²) in [6.07, 6.45) is 0.788. The summed E-state index contributed by atoms with van der Waals surface area (Å²) in [6.45, 7) is 0. The normalized spacial score (nSPS) is 10.6. The lowest BCUT2D eigenvalue weighted by Crippen LogP contribution is -1.92. The van der Waals surface area contributed by atoms with E-state index in [4.69, 9.17) is 0 Å². The molecule has 6 N–H and O–H groups in total. The molecule has 0 aliphatic carbocycles. The van der Waals surface area contributed by atoms with Crippen LogP contribution in [-0.4, -0.2) is 30.6 Å². The Morgan fingerprint density at radius 2 is 0.750 bits per heavy atom. The van der Waals surface area contributed by atoms with E-state index >= 15 is 0 Å². The molecule has 0 saturated carbocycles. The lowest BCUT2D eigenvalue weighted by atomic mass is 10.0. The molecule has 2 aromatic rings. The highest BCUT2D eigenvalue weighted by molar-refractivity contribution is 5.52. The van der Waals surface area contributed by atoms with Crippen molar-refractivity contribution in [2.24, 2.45) is 0 Å². The maximum Gasteiger partial charge on any atom is 0.200 e. The summed E-state index contributed by atoms with van der Waals surface area (Å²) in [5, 5.41) is 56.0. The molecular formula is C14H14O6. The molecule has 2 aromatic carbocycles. The fourth-order valence-corrected chi connectivity index (χ4v) is 1.90. The fraction of sp³-hybridized carbons (Fsp3) is 0.143. The van der Waals surface area contributed by atoms with Gasteiger partial charge in [0.05, 0.1) is 0 Å². The Morgan fingerprint density at radius 1 is 0.500 bits per heavy atom. The van der Waals surface area contributed by atoms with E-state index < -0.39 is 34.5 Å². The Kier molecular flexibility index (Phi) is 3.47. The van der Waals surface area contributed by atoms with Crippen molar-refractivity contribution in [1.29, 1.82) is 0 Å². The molecule has 0 aromatic heterocycles. The zero-order chi connectivity index (χ0) is 14.9. The molecule has 0 aliphatic rings. The first-order chi connectivity index (χ1) is 9.38. The third-order valence-corrected chi connectivity index (χ3v) is 2.96. The first kappa shape index (κ1) is 13.7. The van der Waals surface area contributed by atoms with Crippen molar-refractivity contribution in [3.05, 3.63) is 35.4 Å².